The van der Waals surface area contributed by atoms with Crippen molar-refractivity contribution in [3.8, 4) is 5.75 Å². The number of carbonyl (C=O) groups is 1. The number of halogens is 1. The molecular formula is C30H35ClN2O5S2. The summed E-state index contributed by atoms with van der Waals surface area (Å²) in [5.74, 6) is 0.913. The Balaban J connectivity index is 1.37. The first kappa shape index (κ1) is 29.1. The van der Waals surface area contributed by atoms with E-state index in [1.54, 1.807) is 28.4 Å². The van der Waals surface area contributed by atoms with Gasteiger partial charge in [0.25, 0.3) is 0 Å². The average Bonchev–Trinajstić information content (AvgIpc) is 3.64. The number of ether oxygens (including phenoxy) is 2. The Morgan fingerprint density at radius 3 is 2.58 bits per heavy atom. The highest BCUT2D eigenvalue weighted by Gasteiger charge is 2.36. The van der Waals surface area contributed by atoms with E-state index in [1.807, 2.05) is 23.6 Å². The molecule has 0 radical (unpaired) electrons. The predicted octanol–water partition coefficient (Wildman–Crippen LogP) is 5.90. The molecule has 7 nitrogen and oxygen atoms in total. The van der Waals surface area contributed by atoms with Gasteiger partial charge in [0.15, 0.2) is 0 Å². The topological polar surface area (TPSA) is 76.2 Å². The van der Waals surface area contributed by atoms with Gasteiger partial charge in [-0.1, -0.05) is 37.6 Å². The van der Waals surface area contributed by atoms with Gasteiger partial charge in [0.2, 0.25) is 15.9 Å². The van der Waals surface area contributed by atoms with Crippen LogP contribution in [0.5, 0.6) is 5.75 Å². The van der Waals surface area contributed by atoms with E-state index >= 15 is 0 Å². The zero-order valence-electron chi connectivity index (χ0n) is 22.8. The number of sulfonamides is 1. The van der Waals surface area contributed by atoms with E-state index in [9.17, 15) is 13.2 Å². The minimum atomic E-state index is -3.95. The number of carbonyl (C=O) groups excluding carboxylic acids is 1. The summed E-state index contributed by atoms with van der Waals surface area (Å²) in [7, 11) is -3.95. The number of hydrogen-bond acceptors (Lipinski definition) is 6. The van der Waals surface area contributed by atoms with Gasteiger partial charge >= 0.3 is 0 Å². The number of nitrogens with zero attached hydrogens (tertiary/aromatic N) is 2. The van der Waals surface area contributed by atoms with Crippen LogP contribution in [-0.4, -0.2) is 62.5 Å². The molecule has 1 aromatic heterocycles. The third kappa shape index (κ3) is 6.55. The van der Waals surface area contributed by atoms with Crippen LogP contribution in [-0.2, 0) is 26.0 Å². The summed E-state index contributed by atoms with van der Waals surface area (Å²) < 4.78 is 40.6. The molecule has 2 aromatic carbocycles. The molecule has 10 heteroatoms. The van der Waals surface area contributed by atoms with Gasteiger partial charge in [-0.15, -0.1) is 11.3 Å². The van der Waals surface area contributed by atoms with Gasteiger partial charge in [0, 0.05) is 29.6 Å². The zero-order valence-corrected chi connectivity index (χ0v) is 25.2. The average molecular weight is 603 g/mol. The monoisotopic (exact) mass is 602 g/mol. The van der Waals surface area contributed by atoms with Gasteiger partial charge < -0.3 is 14.4 Å². The summed E-state index contributed by atoms with van der Waals surface area (Å²) in [5, 5.41) is 2.49. The number of benzene rings is 2. The first-order valence-electron chi connectivity index (χ1n) is 13.7. The maximum absolute atomic E-state index is 13.9. The van der Waals surface area contributed by atoms with Crippen LogP contribution in [0.1, 0.15) is 54.7 Å². The van der Waals surface area contributed by atoms with E-state index in [0.29, 0.717) is 24.1 Å². The third-order valence-corrected chi connectivity index (χ3v) is 10.6. The van der Waals surface area contributed by atoms with Gasteiger partial charge in [-0.2, -0.15) is 4.31 Å². The lowest BCUT2D eigenvalue weighted by Crippen LogP contribution is -2.49. The second kappa shape index (κ2) is 12.6. The van der Waals surface area contributed by atoms with Crippen molar-refractivity contribution < 1.29 is 22.7 Å². The lowest BCUT2D eigenvalue weighted by Gasteiger charge is -2.37. The van der Waals surface area contributed by atoms with Crippen molar-refractivity contribution in [2.75, 3.05) is 32.8 Å². The summed E-state index contributed by atoms with van der Waals surface area (Å²) >= 11 is 7.69. The fraction of sp³-hybridized carbons (Fsp3) is 0.433. The Morgan fingerprint density at radius 1 is 1.15 bits per heavy atom. The standard InChI is InChI=1S/C30H35ClN2O5S2/c1-21(2)22-5-9-24(10-6-22)38-20-28-27-14-17-39-29(27)13-15-33(28)30(34)19-32(18-25-4-3-16-37-25)40(35,36)26-11-7-23(31)8-12-26/h5-12,14,17,21,25,28H,3-4,13,15-16,18-20H2,1-2H3/t25-,28-/m0/s1. The summed E-state index contributed by atoms with van der Waals surface area (Å²) in [4.78, 5) is 17.0. The number of amides is 1. The smallest absolute Gasteiger partial charge is 0.243 e. The molecule has 1 fully saturated rings. The van der Waals surface area contributed by atoms with Gasteiger partial charge in [0.05, 0.1) is 23.6 Å². The SMILES string of the molecule is CC(C)c1ccc(OC[C@H]2c3ccsc3CCN2C(=O)CN(C[C@@H]2CCCO2)S(=O)(=O)c2ccc(Cl)cc2)cc1. The predicted molar refractivity (Wildman–Crippen MR) is 158 cm³/mol. The van der Waals surface area contributed by atoms with Crippen LogP contribution < -0.4 is 4.74 Å². The summed E-state index contributed by atoms with van der Waals surface area (Å²) in [6.45, 7) is 5.52. The normalized spacial score (nSPS) is 19.3. The zero-order chi connectivity index (χ0) is 28.3. The van der Waals surface area contributed by atoms with Gasteiger partial charge in [-0.05, 0) is 84.2 Å². The lowest BCUT2D eigenvalue weighted by atomic mass is 10.0. The van der Waals surface area contributed by atoms with Crippen molar-refractivity contribution >= 4 is 38.9 Å². The second-order valence-electron chi connectivity index (χ2n) is 10.6. The molecule has 1 amide bonds. The van der Waals surface area contributed by atoms with E-state index in [0.717, 1.165) is 30.6 Å². The molecule has 2 atom stereocenters. The fourth-order valence-corrected chi connectivity index (χ4v) is 7.73. The molecule has 0 bridgehead atoms. The van der Waals surface area contributed by atoms with E-state index in [1.165, 1.54) is 26.9 Å². The number of fused-ring (bicyclic) bond motifs is 1. The number of rotatable bonds is 10. The fourth-order valence-electron chi connectivity index (χ4n) is 5.26. The minimum Gasteiger partial charge on any atom is -0.491 e. The molecular weight excluding hydrogens is 568 g/mol. The summed E-state index contributed by atoms with van der Waals surface area (Å²) in [6.07, 6.45) is 2.12. The van der Waals surface area contributed by atoms with Crippen LogP contribution in [0.25, 0.3) is 0 Å². The quantitative estimate of drug-likeness (QED) is 0.289. The molecule has 0 saturated carbocycles. The van der Waals surface area contributed by atoms with E-state index in [-0.39, 0.29) is 42.6 Å². The largest absolute Gasteiger partial charge is 0.491 e. The minimum absolute atomic E-state index is 0.103. The Bertz CT molecular complexity index is 1400. The molecule has 40 heavy (non-hydrogen) atoms. The van der Waals surface area contributed by atoms with E-state index in [2.05, 4.69) is 26.0 Å². The van der Waals surface area contributed by atoms with E-state index in [4.69, 9.17) is 21.1 Å². The number of hydrogen-bond donors (Lipinski definition) is 0. The van der Waals surface area contributed by atoms with Crippen molar-refractivity contribution in [1.82, 2.24) is 9.21 Å². The molecule has 214 valence electrons. The van der Waals surface area contributed by atoms with Crippen LogP contribution in [0, 0.1) is 0 Å². The van der Waals surface area contributed by atoms with Crippen LogP contribution in [0.2, 0.25) is 5.02 Å². The molecule has 0 N–H and O–H groups in total. The van der Waals surface area contributed by atoms with Gasteiger partial charge in [0.1, 0.15) is 12.4 Å². The molecule has 2 aliphatic heterocycles. The second-order valence-corrected chi connectivity index (χ2v) is 13.9. The lowest BCUT2D eigenvalue weighted by molar-refractivity contribution is -0.135. The van der Waals surface area contributed by atoms with Crippen molar-refractivity contribution in [1.29, 1.82) is 0 Å². The maximum atomic E-state index is 13.9. The molecule has 0 spiro atoms. The van der Waals surface area contributed by atoms with Crippen LogP contribution in [0.3, 0.4) is 0 Å². The first-order chi connectivity index (χ1) is 19.2. The first-order valence-corrected chi connectivity index (χ1v) is 16.4. The third-order valence-electron chi connectivity index (χ3n) is 7.56. The van der Waals surface area contributed by atoms with Crippen LogP contribution in [0.15, 0.2) is 64.9 Å². The molecule has 5 rings (SSSR count). The highest BCUT2D eigenvalue weighted by Crippen LogP contribution is 2.34. The van der Waals surface area contributed by atoms with Gasteiger partial charge in [-0.3, -0.25) is 4.79 Å². The molecule has 2 aliphatic rings. The van der Waals surface area contributed by atoms with Crippen LogP contribution >= 0.6 is 22.9 Å². The highest BCUT2D eigenvalue weighted by molar-refractivity contribution is 7.89. The maximum Gasteiger partial charge on any atom is 0.243 e. The summed E-state index contributed by atoms with van der Waals surface area (Å²) in [5.41, 5.74) is 2.30. The van der Waals surface area contributed by atoms with Crippen molar-refractivity contribution in [2.24, 2.45) is 0 Å². The molecule has 1 saturated heterocycles. The van der Waals surface area contributed by atoms with Crippen molar-refractivity contribution in [3.05, 3.63) is 81.0 Å². The molecule has 3 aromatic rings. The van der Waals surface area contributed by atoms with E-state index < -0.39 is 10.0 Å². The molecule has 3 heterocycles. The Hall–Kier alpha value is -2.43. The van der Waals surface area contributed by atoms with Crippen molar-refractivity contribution in [3.63, 3.8) is 0 Å². The number of thiophene rings is 1. The van der Waals surface area contributed by atoms with Gasteiger partial charge in [-0.25, -0.2) is 8.42 Å². The van der Waals surface area contributed by atoms with Crippen molar-refractivity contribution in [2.45, 2.75) is 56.1 Å². The Kier molecular flexibility index (Phi) is 9.17. The summed E-state index contributed by atoms with van der Waals surface area (Å²) in [6, 6.07) is 15.8. The molecule has 0 aliphatic carbocycles. The Morgan fingerprint density at radius 2 is 1.90 bits per heavy atom. The Labute approximate surface area is 245 Å². The molecule has 0 unspecified atom stereocenters. The van der Waals surface area contributed by atoms with Crippen LogP contribution in [0.4, 0.5) is 0 Å². The highest BCUT2D eigenvalue weighted by atomic mass is 35.5.